The van der Waals surface area contributed by atoms with Crippen molar-refractivity contribution in [3.05, 3.63) is 17.0 Å². The lowest BCUT2D eigenvalue weighted by Crippen LogP contribution is -2.44. The van der Waals surface area contributed by atoms with Gasteiger partial charge in [-0.25, -0.2) is 9.97 Å². The van der Waals surface area contributed by atoms with E-state index in [1.807, 2.05) is 6.92 Å². The van der Waals surface area contributed by atoms with Gasteiger partial charge in [-0.1, -0.05) is 11.6 Å². The molecule has 2 bridgehead atoms. The van der Waals surface area contributed by atoms with Crippen LogP contribution in [-0.4, -0.2) is 40.9 Å². The van der Waals surface area contributed by atoms with Crippen LogP contribution >= 0.6 is 11.6 Å². The third-order valence-corrected chi connectivity index (χ3v) is 4.69. The number of ether oxygens (including phenoxy) is 1. The average molecular weight is 266 g/mol. The average Bonchev–Trinajstić information content (AvgIpc) is 2.59. The number of rotatable bonds is 2. The summed E-state index contributed by atoms with van der Waals surface area (Å²) >= 11 is 5.99. The van der Waals surface area contributed by atoms with Crippen LogP contribution in [0.4, 0.5) is 0 Å². The van der Waals surface area contributed by atoms with E-state index in [0.717, 1.165) is 18.4 Å². The molecule has 18 heavy (non-hydrogen) atoms. The van der Waals surface area contributed by atoms with Crippen molar-refractivity contribution in [2.24, 2.45) is 0 Å². The van der Waals surface area contributed by atoms with Crippen molar-refractivity contribution < 1.29 is 4.74 Å². The molecular weight excluding hydrogens is 248 g/mol. The Morgan fingerprint density at radius 3 is 2.67 bits per heavy atom. The van der Waals surface area contributed by atoms with E-state index in [-0.39, 0.29) is 6.10 Å². The lowest BCUT2D eigenvalue weighted by atomic mass is 9.96. The van der Waals surface area contributed by atoms with Gasteiger partial charge in [-0.2, -0.15) is 0 Å². The molecule has 2 unspecified atom stereocenters. The number of hydrogen-bond acceptors (Lipinski definition) is 4. The Bertz CT molecular complexity index is 445. The highest BCUT2D eigenvalue weighted by atomic mass is 35.5. The Hall–Kier alpha value is -0.805. The minimum Gasteiger partial charge on any atom is -0.474 e. The topological polar surface area (TPSA) is 38.2 Å². The molecule has 1 aromatic heterocycles. The number of aromatic nitrogens is 2. The molecule has 4 nitrogen and oxygen atoms in total. The molecule has 0 aliphatic carbocycles. The molecule has 0 amide bonds. The molecule has 3 atom stereocenters. The van der Waals surface area contributed by atoms with E-state index in [9.17, 15) is 0 Å². The highest BCUT2D eigenvalue weighted by Gasteiger charge is 2.39. The van der Waals surface area contributed by atoms with Gasteiger partial charge in [-0.3, -0.25) is 0 Å². The van der Waals surface area contributed by atoms with E-state index >= 15 is 0 Å². The van der Waals surface area contributed by atoms with E-state index in [1.165, 1.54) is 19.2 Å². The van der Waals surface area contributed by atoms with Crippen molar-refractivity contribution in [2.45, 2.75) is 50.8 Å². The molecule has 0 radical (unpaired) electrons. The van der Waals surface area contributed by atoms with Crippen LogP contribution in [0.25, 0.3) is 0 Å². The lowest BCUT2D eigenvalue weighted by molar-refractivity contribution is 0.0921. The highest BCUT2D eigenvalue weighted by molar-refractivity contribution is 6.30. The molecular formula is C12H17BClN3O. The molecule has 2 saturated heterocycles. The third-order valence-electron chi connectivity index (χ3n) is 4.31. The maximum atomic E-state index is 6.03. The van der Waals surface area contributed by atoms with Crippen LogP contribution in [0.5, 0.6) is 5.88 Å². The second-order valence-electron chi connectivity index (χ2n) is 5.36. The lowest BCUT2D eigenvalue weighted by Gasteiger charge is -2.36. The molecule has 6 heteroatoms. The summed E-state index contributed by atoms with van der Waals surface area (Å²) < 4.78 is 6.03. The van der Waals surface area contributed by atoms with E-state index < -0.39 is 0 Å². The molecule has 0 aromatic carbocycles. The van der Waals surface area contributed by atoms with Gasteiger partial charge in [0.2, 0.25) is 5.88 Å². The van der Waals surface area contributed by atoms with Gasteiger partial charge in [0.15, 0.2) is 7.98 Å². The fraction of sp³-hybridized carbons (Fsp3) is 0.667. The van der Waals surface area contributed by atoms with Gasteiger partial charge < -0.3 is 9.55 Å². The minimum atomic E-state index is 0.267. The van der Waals surface area contributed by atoms with Crippen molar-refractivity contribution in [1.82, 2.24) is 14.8 Å². The van der Waals surface area contributed by atoms with Crippen LogP contribution in [-0.2, 0) is 0 Å². The zero-order valence-corrected chi connectivity index (χ0v) is 11.5. The normalized spacial score (nSPS) is 31.6. The van der Waals surface area contributed by atoms with Crippen LogP contribution in [0.3, 0.4) is 0 Å². The standard InChI is InChI=1S/C12H17BClN3O/c1-7-11(14)15-6-16-12(7)18-10-4-8-2-3-9(5-10)17(8)13/h6,8-10H,2-5,13H2,1H3/t8-,9?,10?/m0/s1. The molecule has 0 spiro atoms. The third kappa shape index (κ3) is 2.10. The van der Waals surface area contributed by atoms with Crippen molar-refractivity contribution >= 4 is 19.6 Å². The molecule has 0 N–H and O–H groups in total. The summed E-state index contributed by atoms with van der Waals surface area (Å²) in [6.45, 7) is 1.90. The zero-order valence-electron chi connectivity index (χ0n) is 10.8. The predicted octanol–water partition coefficient (Wildman–Crippen LogP) is 1.36. The van der Waals surface area contributed by atoms with Gasteiger partial charge in [-0.05, 0) is 32.6 Å². The largest absolute Gasteiger partial charge is 0.474 e. The number of nitrogens with zero attached hydrogens (tertiary/aromatic N) is 3. The molecule has 0 saturated carbocycles. The number of fused-ring (bicyclic) bond motifs is 2. The SMILES string of the molecule is BN1C2CC[C@H]1CC(Oc1ncnc(Cl)c1C)C2. The van der Waals surface area contributed by atoms with Crippen LogP contribution in [0.2, 0.25) is 5.15 Å². The van der Waals surface area contributed by atoms with Gasteiger partial charge in [0.05, 0.1) is 0 Å². The smallest absolute Gasteiger partial charge is 0.221 e. The van der Waals surface area contributed by atoms with E-state index in [4.69, 9.17) is 16.3 Å². The first-order valence-electron chi connectivity index (χ1n) is 6.51. The monoisotopic (exact) mass is 265 g/mol. The Labute approximate surface area is 113 Å². The number of hydrogen-bond donors (Lipinski definition) is 0. The number of halogens is 1. The molecule has 3 rings (SSSR count). The molecule has 1 aromatic rings. The molecule has 2 aliphatic rings. The second-order valence-corrected chi connectivity index (χ2v) is 5.71. The van der Waals surface area contributed by atoms with Crippen LogP contribution in [0, 0.1) is 6.92 Å². The first-order valence-corrected chi connectivity index (χ1v) is 6.88. The van der Waals surface area contributed by atoms with Gasteiger partial charge in [0, 0.05) is 17.6 Å². The summed E-state index contributed by atoms with van der Waals surface area (Å²) in [6.07, 6.45) is 6.51. The van der Waals surface area contributed by atoms with E-state index in [1.54, 1.807) is 0 Å². The fourth-order valence-electron chi connectivity index (χ4n) is 3.15. The summed E-state index contributed by atoms with van der Waals surface area (Å²) in [6, 6.07) is 1.35. The van der Waals surface area contributed by atoms with Crippen molar-refractivity contribution in [1.29, 1.82) is 0 Å². The Morgan fingerprint density at radius 2 is 2.00 bits per heavy atom. The molecule has 2 aliphatic heterocycles. The maximum absolute atomic E-state index is 6.03. The Balaban J connectivity index is 1.72. The van der Waals surface area contributed by atoms with E-state index in [0.29, 0.717) is 23.1 Å². The van der Waals surface area contributed by atoms with Gasteiger partial charge >= 0.3 is 0 Å². The van der Waals surface area contributed by atoms with Gasteiger partial charge in [-0.15, -0.1) is 0 Å². The zero-order chi connectivity index (χ0) is 12.7. The predicted molar refractivity (Wildman–Crippen MR) is 72.6 cm³/mol. The quantitative estimate of drug-likeness (QED) is 0.598. The van der Waals surface area contributed by atoms with E-state index in [2.05, 4.69) is 22.8 Å². The minimum absolute atomic E-state index is 0.267. The molecule has 3 heterocycles. The first-order chi connectivity index (χ1) is 8.65. The molecule has 96 valence electrons. The summed E-state index contributed by atoms with van der Waals surface area (Å²) in [5.41, 5.74) is 0.838. The van der Waals surface area contributed by atoms with Crippen molar-refractivity contribution in [3.63, 3.8) is 0 Å². The van der Waals surface area contributed by atoms with Crippen LogP contribution in [0.1, 0.15) is 31.2 Å². The number of piperidine rings is 1. The van der Waals surface area contributed by atoms with Crippen LogP contribution < -0.4 is 4.74 Å². The van der Waals surface area contributed by atoms with Crippen molar-refractivity contribution in [3.8, 4) is 5.88 Å². The summed E-state index contributed by atoms with van der Waals surface area (Å²) in [4.78, 5) is 10.6. The fourth-order valence-corrected chi connectivity index (χ4v) is 3.27. The maximum Gasteiger partial charge on any atom is 0.221 e. The summed E-state index contributed by atoms with van der Waals surface area (Å²) in [7, 11) is 2.23. The second kappa shape index (κ2) is 4.70. The van der Waals surface area contributed by atoms with Crippen molar-refractivity contribution in [2.75, 3.05) is 0 Å². The first kappa shape index (κ1) is 12.2. The Morgan fingerprint density at radius 1 is 1.33 bits per heavy atom. The van der Waals surface area contributed by atoms with Gasteiger partial charge in [0.25, 0.3) is 0 Å². The summed E-state index contributed by atoms with van der Waals surface area (Å²) in [5, 5.41) is 0.482. The highest BCUT2D eigenvalue weighted by Crippen LogP contribution is 2.36. The molecule has 2 fully saturated rings. The van der Waals surface area contributed by atoms with Gasteiger partial charge in [0.1, 0.15) is 17.6 Å². The summed E-state index contributed by atoms with van der Waals surface area (Å²) in [5.74, 6) is 0.643. The van der Waals surface area contributed by atoms with Crippen LogP contribution in [0.15, 0.2) is 6.33 Å². The Kier molecular flexibility index (Phi) is 3.20.